The Bertz CT molecular complexity index is 2450. The lowest BCUT2D eigenvalue weighted by Crippen LogP contribution is -2.56. The van der Waals surface area contributed by atoms with Crippen LogP contribution in [-0.4, -0.2) is 104 Å². The van der Waals surface area contributed by atoms with E-state index in [2.05, 4.69) is 17.2 Å². The van der Waals surface area contributed by atoms with Crippen molar-refractivity contribution in [2.45, 2.75) is 61.7 Å². The van der Waals surface area contributed by atoms with Crippen LogP contribution in [0.2, 0.25) is 0 Å². The number of methoxy groups -OCH3 is 1. The van der Waals surface area contributed by atoms with Crippen LogP contribution in [0.4, 0.5) is 15.3 Å². The quantitative estimate of drug-likeness (QED) is 0.100. The van der Waals surface area contributed by atoms with Gasteiger partial charge in [-0.1, -0.05) is 104 Å². The van der Waals surface area contributed by atoms with Crippen molar-refractivity contribution in [2.75, 3.05) is 58.1 Å². The first-order valence-corrected chi connectivity index (χ1v) is 22.1. The highest BCUT2D eigenvalue weighted by Crippen LogP contribution is 2.66. The monoisotopic (exact) mass is 883 g/mol. The summed E-state index contributed by atoms with van der Waals surface area (Å²) in [4.78, 5) is 78.6. The van der Waals surface area contributed by atoms with Crippen LogP contribution in [0.1, 0.15) is 78.1 Å². The number of amides is 5. The fourth-order valence-corrected chi connectivity index (χ4v) is 10.1. The molecule has 0 aliphatic carbocycles. The van der Waals surface area contributed by atoms with E-state index < -0.39 is 65.5 Å². The normalized spacial score (nSPS) is 23.9. The number of hydrogen-bond donors (Lipinski definition) is 3. The summed E-state index contributed by atoms with van der Waals surface area (Å²) >= 11 is 0. The molecule has 4 aromatic carbocycles. The van der Waals surface area contributed by atoms with Gasteiger partial charge < -0.3 is 40.0 Å². The number of urea groups is 1. The zero-order valence-corrected chi connectivity index (χ0v) is 36.2. The number of imide groups is 1. The second-order valence-electron chi connectivity index (χ2n) is 16.5. The van der Waals surface area contributed by atoms with Gasteiger partial charge in [0.05, 0.1) is 43.4 Å². The van der Waals surface area contributed by atoms with Gasteiger partial charge in [0.1, 0.15) is 36.5 Å². The van der Waals surface area contributed by atoms with Gasteiger partial charge in [-0.3, -0.25) is 19.3 Å². The van der Waals surface area contributed by atoms with Crippen LogP contribution in [0.25, 0.3) is 0 Å². The van der Waals surface area contributed by atoms with E-state index in [0.717, 1.165) is 42.6 Å². The maximum absolute atomic E-state index is 16.4. The lowest BCUT2D eigenvalue weighted by Gasteiger charge is -2.46. The minimum absolute atomic E-state index is 0.0216. The highest BCUT2D eigenvalue weighted by Gasteiger charge is 2.76. The van der Waals surface area contributed by atoms with Crippen molar-refractivity contribution in [3.63, 3.8) is 0 Å². The minimum atomic E-state index is -2.02. The molecular weight excluding hydrogens is 831 g/mol. The molecule has 15 nitrogen and oxygen atoms in total. The van der Waals surface area contributed by atoms with Crippen molar-refractivity contribution < 1.29 is 48.0 Å². The summed E-state index contributed by atoms with van der Waals surface area (Å²) in [6.45, 7) is 0.335. The van der Waals surface area contributed by atoms with Crippen LogP contribution in [0, 0.1) is 17.8 Å². The third-order valence-corrected chi connectivity index (χ3v) is 12.7. The smallest absolute Gasteiger partial charge is 0.421 e. The number of esters is 1. The molecule has 8 rings (SSSR count). The molecule has 4 heterocycles. The number of likely N-dealkylation sites (tertiary alicyclic amines) is 1. The van der Waals surface area contributed by atoms with Crippen molar-refractivity contribution >= 4 is 35.6 Å². The van der Waals surface area contributed by atoms with Crippen molar-refractivity contribution in [1.29, 1.82) is 0 Å². The molecule has 0 radical (unpaired) electrons. The van der Waals surface area contributed by atoms with Crippen LogP contribution >= 0.6 is 0 Å². The molecule has 0 aromatic heterocycles. The Morgan fingerprint density at radius 3 is 2.22 bits per heavy atom. The number of ether oxygens (including phenoxy) is 4. The molecule has 6 atom stereocenters. The summed E-state index contributed by atoms with van der Waals surface area (Å²) in [6.07, 6.45) is 2.40. The summed E-state index contributed by atoms with van der Waals surface area (Å²) in [7, 11) is 1.46. The number of hydrogen-bond acceptors (Lipinski definition) is 11. The summed E-state index contributed by atoms with van der Waals surface area (Å²) in [5.41, 5.74) is 6.10. The van der Waals surface area contributed by atoms with Crippen LogP contribution in [-0.2, 0) is 34.0 Å². The van der Waals surface area contributed by atoms with Crippen LogP contribution in [0.5, 0.6) is 5.75 Å². The Morgan fingerprint density at radius 1 is 0.831 bits per heavy atom. The highest BCUT2D eigenvalue weighted by molar-refractivity contribution is 6.23. The first-order chi connectivity index (χ1) is 31.7. The lowest BCUT2D eigenvalue weighted by molar-refractivity contribution is -0.179. The van der Waals surface area contributed by atoms with E-state index in [1.807, 2.05) is 71.6 Å². The number of rotatable bonds is 11. The largest absolute Gasteiger partial charge is 0.491 e. The van der Waals surface area contributed by atoms with Crippen molar-refractivity contribution in [1.82, 2.24) is 15.1 Å². The second kappa shape index (κ2) is 20.0. The van der Waals surface area contributed by atoms with Crippen LogP contribution < -0.4 is 20.7 Å². The molecular formula is C50H53N5O10. The molecule has 4 aliphatic rings. The number of cyclic esters (lactones) is 1. The predicted molar refractivity (Wildman–Crippen MR) is 238 cm³/mol. The topological polar surface area (TPSA) is 190 Å². The van der Waals surface area contributed by atoms with Gasteiger partial charge in [0, 0.05) is 25.8 Å². The maximum Gasteiger partial charge on any atom is 0.421 e. The molecule has 4 aliphatic heterocycles. The summed E-state index contributed by atoms with van der Waals surface area (Å²) in [5.74, 6) is 2.99. The molecule has 4 N–H and O–H groups in total. The van der Waals surface area contributed by atoms with E-state index in [-0.39, 0.29) is 44.2 Å². The van der Waals surface area contributed by atoms with Crippen LogP contribution in [0.3, 0.4) is 0 Å². The molecule has 5 amide bonds. The summed E-state index contributed by atoms with van der Waals surface area (Å²) in [6, 6.07) is 26.8. The zero-order chi connectivity index (χ0) is 45.5. The van der Waals surface area contributed by atoms with Gasteiger partial charge in [0.2, 0.25) is 11.8 Å². The molecule has 4 aromatic rings. The van der Waals surface area contributed by atoms with E-state index in [4.69, 9.17) is 24.7 Å². The molecule has 6 unspecified atom stereocenters. The van der Waals surface area contributed by atoms with Crippen molar-refractivity contribution in [3.8, 4) is 17.6 Å². The number of nitrogens with two attached hydrogens (primary N) is 1. The number of anilines is 1. The number of nitrogens with one attached hydrogen (secondary N) is 1. The van der Waals surface area contributed by atoms with Gasteiger partial charge in [-0.05, 0) is 65.4 Å². The Hall–Kier alpha value is -6.73. The predicted octanol–water partition coefficient (Wildman–Crippen LogP) is 5.32. The number of carbonyl (C=O) groups excluding carboxylic acids is 5. The van der Waals surface area contributed by atoms with E-state index in [0.29, 0.717) is 35.5 Å². The fraction of sp³-hybridized carbons (Fsp3) is 0.380. The standard InChI is InChI=1S/C50H53N5O10/c1-62-29-30-64-49(61)54-39-23-22-33(15-14-24-52-48(51)60)31-38(39)50(47(54)59)40(45(57)53-25-11-3-2-4-12-26-53)42-46(58)65-43(35-18-9-6-10-19-35)41(34-16-7-5-8-17-34)55(42)44(50)36-20-13-21-37(32-36)63-28-27-56/h5-10,13,16-23,31-32,40-44,56H,2-4,11-12,24-30H2,1H3,(H3,51,52,60). The molecule has 338 valence electrons. The van der Waals surface area contributed by atoms with E-state index >= 15 is 14.4 Å². The molecule has 65 heavy (non-hydrogen) atoms. The minimum Gasteiger partial charge on any atom is -0.491 e. The number of aliphatic hydroxyl groups excluding tert-OH is 1. The summed E-state index contributed by atoms with van der Waals surface area (Å²) < 4.78 is 23.5. The molecule has 0 bridgehead atoms. The van der Waals surface area contributed by atoms with Crippen molar-refractivity contribution in [2.24, 2.45) is 11.7 Å². The van der Waals surface area contributed by atoms with Gasteiger partial charge in [-0.15, -0.1) is 0 Å². The van der Waals surface area contributed by atoms with Gasteiger partial charge in [0.15, 0.2) is 0 Å². The van der Waals surface area contributed by atoms with E-state index in [1.54, 1.807) is 41.3 Å². The first kappa shape index (κ1) is 44.9. The molecule has 3 fully saturated rings. The average Bonchev–Trinajstić information content (AvgIpc) is 3.76. The first-order valence-electron chi connectivity index (χ1n) is 22.1. The maximum atomic E-state index is 16.4. The molecule has 15 heteroatoms. The second-order valence-corrected chi connectivity index (χ2v) is 16.5. The number of nitrogens with zero attached hydrogens (tertiary/aromatic N) is 3. The molecule has 1 spiro atoms. The number of benzene rings is 4. The highest BCUT2D eigenvalue weighted by atomic mass is 16.6. The zero-order valence-electron chi connectivity index (χ0n) is 36.2. The SMILES string of the molecule is COCCOC(=O)N1C(=O)C2(c3cc(C#CCNC(N)=O)ccc31)C(C(=O)N1CCCCCCC1)C1C(=O)OC(c3ccccc3)C(c3ccccc3)N1C2c1cccc(OCCO)c1. The average molecular weight is 884 g/mol. The van der Waals surface area contributed by atoms with E-state index in [1.165, 1.54) is 7.11 Å². The van der Waals surface area contributed by atoms with Gasteiger partial charge in [-0.25, -0.2) is 14.5 Å². The third kappa shape index (κ3) is 8.64. The van der Waals surface area contributed by atoms with Gasteiger partial charge >= 0.3 is 18.1 Å². The lowest BCUT2D eigenvalue weighted by atomic mass is 9.64. The number of fused-ring (bicyclic) bond motifs is 3. The number of primary amides is 1. The fourth-order valence-electron chi connectivity index (χ4n) is 10.1. The van der Waals surface area contributed by atoms with Gasteiger partial charge in [0.25, 0.3) is 0 Å². The Balaban J connectivity index is 1.46. The Morgan fingerprint density at radius 2 is 1.52 bits per heavy atom. The van der Waals surface area contributed by atoms with Crippen molar-refractivity contribution in [3.05, 3.63) is 131 Å². The number of carbonyl (C=O) groups is 5. The third-order valence-electron chi connectivity index (χ3n) is 12.7. The number of morpholine rings is 1. The van der Waals surface area contributed by atoms with Crippen LogP contribution in [0.15, 0.2) is 103 Å². The Kier molecular flexibility index (Phi) is 13.8. The number of aliphatic hydroxyl groups is 1. The van der Waals surface area contributed by atoms with E-state index in [9.17, 15) is 14.7 Å². The summed E-state index contributed by atoms with van der Waals surface area (Å²) in [5, 5.41) is 12.2. The Labute approximate surface area is 377 Å². The van der Waals surface area contributed by atoms with Gasteiger partial charge in [-0.2, -0.15) is 0 Å². The molecule has 0 saturated carbocycles. The molecule has 3 saturated heterocycles.